The van der Waals surface area contributed by atoms with Crippen molar-refractivity contribution >= 4 is 5.97 Å². The number of nitrogens with zero attached hydrogens (tertiary/aromatic N) is 1. The zero-order valence-electron chi connectivity index (χ0n) is 41.5. The van der Waals surface area contributed by atoms with E-state index in [4.69, 9.17) is 9.47 Å². The van der Waals surface area contributed by atoms with Gasteiger partial charge in [-0.3, -0.25) is 4.79 Å². The average Bonchev–Trinajstić information content (AvgIpc) is 3.17. The number of nitrogens with two attached hydrogens (primary N) is 1. The Balaban J connectivity index is 0.00000102. The first-order valence-electron chi connectivity index (χ1n) is 23.4. The lowest BCUT2D eigenvalue weighted by Gasteiger charge is -2.32. The molecule has 0 fully saturated rings. The van der Waals surface area contributed by atoms with E-state index in [-0.39, 0.29) is 11.6 Å². The van der Waals surface area contributed by atoms with E-state index in [9.17, 15) is 4.79 Å². The number of carbonyl (C=O) groups is 1. The SMILES string of the molecule is C=COC/C=C(C)/C=C/C=C(C)/C=C/C1=C(C)CCCC1(C)C.CCC(C)(CCCC(C)CCCC(C)CCCC(C)C)Oc1nc(C)cc(C)c1C.CCCC(=O)ON. The maximum Gasteiger partial charge on any atom is 0.324 e. The second-order valence-corrected chi connectivity index (χ2v) is 19.0. The van der Waals surface area contributed by atoms with Crippen LogP contribution in [-0.4, -0.2) is 23.2 Å². The highest BCUT2D eigenvalue weighted by Gasteiger charge is 2.27. The Labute approximate surface area is 370 Å². The molecule has 1 aromatic heterocycles. The van der Waals surface area contributed by atoms with Crippen molar-refractivity contribution in [2.45, 2.75) is 206 Å². The Morgan fingerprint density at radius 1 is 0.950 bits per heavy atom. The molecule has 2 rings (SSSR count). The second kappa shape index (κ2) is 31.5. The highest BCUT2D eigenvalue weighted by Crippen LogP contribution is 2.41. The summed E-state index contributed by atoms with van der Waals surface area (Å²) in [6.07, 6.45) is 32.4. The van der Waals surface area contributed by atoms with Gasteiger partial charge in [-0.15, -0.1) is 0 Å². The molecule has 1 aliphatic rings. The lowest BCUT2D eigenvalue weighted by molar-refractivity contribution is -0.144. The monoisotopic (exact) mass is 833 g/mol. The van der Waals surface area contributed by atoms with E-state index in [2.05, 4.69) is 156 Å². The van der Waals surface area contributed by atoms with Crippen molar-refractivity contribution in [3.63, 3.8) is 0 Å². The van der Waals surface area contributed by atoms with E-state index in [1.165, 1.54) is 105 Å². The summed E-state index contributed by atoms with van der Waals surface area (Å²) in [4.78, 5) is 18.6. The maximum atomic E-state index is 10.1. The van der Waals surface area contributed by atoms with Gasteiger partial charge in [-0.05, 0) is 140 Å². The minimum atomic E-state index is -0.345. The Bertz CT molecular complexity index is 1530. The van der Waals surface area contributed by atoms with Gasteiger partial charge in [0.15, 0.2) is 0 Å². The smallest absolute Gasteiger partial charge is 0.324 e. The summed E-state index contributed by atoms with van der Waals surface area (Å²) < 4.78 is 11.6. The molecule has 0 aromatic carbocycles. The van der Waals surface area contributed by atoms with Gasteiger partial charge in [0.2, 0.25) is 5.88 Å². The fourth-order valence-corrected chi connectivity index (χ4v) is 7.51. The fraction of sp³-hybridized carbons (Fsp3) is 0.667. The van der Waals surface area contributed by atoms with Gasteiger partial charge in [0, 0.05) is 17.7 Å². The molecule has 2 N–H and O–H groups in total. The molecule has 0 spiro atoms. The van der Waals surface area contributed by atoms with E-state index in [0.717, 1.165) is 48.6 Å². The average molecular weight is 833 g/mol. The van der Waals surface area contributed by atoms with E-state index in [1.54, 1.807) is 5.57 Å². The van der Waals surface area contributed by atoms with Crippen molar-refractivity contribution in [2.75, 3.05) is 6.61 Å². The van der Waals surface area contributed by atoms with Gasteiger partial charge in [0.1, 0.15) is 12.2 Å². The maximum absolute atomic E-state index is 10.1. The first-order chi connectivity index (χ1) is 28.2. The number of hydrogen-bond donors (Lipinski definition) is 1. The molecular formula is C54H92N2O4. The van der Waals surface area contributed by atoms with Gasteiger partial charge in [-0.1, -0.05) is 154 Å². The third-order valence-electron chi connectivity index (χ3n) is 12.0. The number of aryl methyl sites for hydroxylation is 2. The zero-order valence-corrected chi connectivity index (χ0v) is 41.5. The van der Waals surface area contributed by atoms with Crippen LogP contribution in [0.2, 0.25) is 0 Å². The van der Waals surface area contributed by atoms with Crippen LogP contribution in [0.4, 0.5) is 0 Å². The Kier molecular flexibility index (Phi) is 29.7. The third kappa shape index (κ3) is 26.1. The van der Waals surface area contributed by atoms with Crippen LogP contribution in [0.3, 0.4) is 0 Å². The molecule has 0 saturated carbocycles. The molecule has 0 aliphatic heterocycles. The molecule has 6 heteroatoms. The summed E-state index contributed by atoms with van der Waals surface area (Å²) in [5.74, 6) is 7.55. The van der Waals surface area contributed by atoms with Crippen LogP contribution < -0.4 is 10.6 Å². The van der Waals surface area contributed by atoms with Crippen LogP contribution in [0.25, 0.3) is 0 Å². The number of allylic oxidation sites excluding steroid dienone is 9. The predicted octanol–water partition coefficient (Wildman–Crippen LogP) is 15.9. The van der Waals surface area contributed by atoms with Gasteiger partial charge >= 0.3 is 5.97 Å². The van der Waals surface area contributed by atoms with Gasteiger partial charge in [-0.2, -0.15) is 5.90 Å². The highest BCUT2D eigenvalue weighted by atomic mass is 16.7. The molecule has 1 aliphatic carbocycles. The minimum Gasteiger partial charge on any atom is -0.498 e. The normalized spacial score (nSPS) is 16.4. The second-order valence-electron chi connectivity index (χ2n) is 19.0. The number of carbonyl (C=O) groups excluding carboxylic acids is 1. The number of pyridine rings is 1. The van der Waals surface area contributed by atoms with Crippen LogP contribution in [0.1, 0.15) is 196 Å². The third-order valence-corrected chi connectivity index (χ3v) is 12.0. The van der Waals surface area contributed by atoms with Gasteiger partial charge < -0.3 is 14.3 Å². The van der Waals surface area contributed by atoms with Crippen LogP contribution in [0.5, 0.6) is 5.88 Å². The quantitative estimate of drug-likeness (QED) is 0.0483. The molecule has 1 aromatic rings. The molecule has 3 atom stereocenters. The van der Waals surface area contributed by atoms with Crippen LogP contribution in [0.15, 0.2) is 77.7 Å². The van der Waals surface area contributed by atoms with Crippen LogP contribution in [-0.2, 0) is 14.4 Å². The lowest BCUT2D eigenvalue weighted by Crippen LogP contribution is -2.32. The Morgan fingerprint density at radius 3 is 2.10 bits per heavy atom. The Hall–Kier alpha value is -3.38. The summed E-state index contributed by atoms with van der Waals surface area (Å²) in [6.45, 7) is 37.6. The van der Waals surface area contributed by atoms with Crippen molar-refractivity contribution < 1.29 is 19.1 Å². The number of rotatable bonds is 24. The lowest BCUT2D eigenvalue weighted by atomic mass is 9.72. The molecular weight excluding hydrogens is 741 g/mol. The zero-order chi connectivity index (χ0) is 45.7. The Morgan fingerprint density at radius 2 is 1.57 bits per heavy atom. The molecule has 0 saturated heterocycles. The summed E-state index contributed by atoms with van der Waals surface area (Å²) in [6, 6.07) is 2.14. The molecule has 0 amide bonds. The molecule has 6 nitrogen and oxygen atoms in total. The molecule has 342 valence electrons. The topological polar surface area (TPSA) is 83.7 Å². The molecule has 3 unspecified atom stereocenters. The van der Waals surface area contributed by atoms with Crippen LogP contribution in [0, 0.1) is 43.9 Å². The highest BCUT2D eigenvalue weighted by molar-refractivity contribution is 5.68. The summed E-state index contributed by atoms with van der Waals surface area (Å²) in [5, 5.41) is 0. The van der Waals surface area contributed by atoms with E-state index >= 15 is 0 Å². The van der Waals surface area contributed by atoms with Crippen molar-refractivity contribution in [1.29, 1.82) is 0 Å². The number of aromatic nitrogens is 1. The largest absolute Gasteiger partial charge is 0.498 e. The van der Waals surface area contributed by atoms with Gasteiger partial charge in [0.05, 0.1) is 6.26 Å². The van der Waals surface area contributed by atoms with E-state index < -0.39 is 0 Å². The summed E-state index contributed by atoms with van der Waals surface area (Å²) in [5.41, 5.74) is 9.17. The van der Waals surface area contributed by atoms with E-state index in [0.29, 0.717) is 18.4 Å². The summed E-state index contributed by atoms with van der Waals surface area (Å²) in [7, 11) is 0. The van der Waals surface area contributed by atoms with Crippen molar-refractivity contribution in [1.82, 2.24) is 4.98 Å². The molecule has 1 heterocycles. The van der Waals surface area contributed by atoms with Gasteiger partial charge in [-0.25, -0.2) is 4.98 Å². The first-order valence-corrected chi connectivity index (χ1v) is 23.4. The number of ether oxygens (including phenoxy) is 2. The molecule has 60 heavy (non-hydrogen) atoms. The minimum absolute atomic E-state index is 0.122. The first kappa shape index (κ1) is 56.6. The van der Waals surface area contributed by atoms with Crippen molar-refractivity contribution in [3.8, 4) is 5.88 Å². The summed E-state index contributed by atoms with van der Waals surface area (Å²) >= 11 is 0. The number of hydrogen-bond acceptors (Lipinski definition) is 6. The van der Waals surface area contributed by atoms with E-state index in [1.807, 2.05) is 13.0 Å². The molecule has 0 bridgehead atoms. The van der Waals surface area contributed by atoms with Crippen molar-refractivity contribution in [2.24, 2.45) is 29.1 Å². The van der Waals surface area contributed by atoms with Crippen LogP contribution >= 0.6 is 0 Å². The predicted molar refractivity (Wildman–Crippen MR) is 260 cm³/mol. The fourth-order valence-electron chi connectivity index (χ4n) is 7.51. The van der Waals surface area contributed by atoms with Crippen molar-refractivity contribution in [3.05, 3.63) is 94.5 Å². The molecule has 0 radical (unpaired) electrons. The standard InChI is InChI=1S/C28H51NO.C22H32O.C4H9NO2/c1-10-28(9,30-27-26(8)24(6)20-25(7)29-27)19-13-18-23(5)17-12-16-22(4)15-11-14-21(2)3;1-7-23-17-15-19(3)11-8-10-18(2)13-14-21-20(4)12-9-16-22(21,5)6;1-2-3-4(6)7-5/h20-23H,10-19H2,1-9H3;7-8,10-11,13-15H,1,9,12,16-17H2,2-6H3;2-3,5H2,1H3/b;11-8+,14-13+,18-10+,19-15+;. The van der Waals surface area contributed by atoms with Gasteiger partial charge in [0.25, 0.3) is 0 Å².